The second-order valence-electron chi connectivity index (χ2n) is 7.96. The molecule has 2 aromatic rings. The molecule has 5 nitrogen and oxygen atoms in total. The van der Waals surface area contributed by atoms with Gasteiger partial charge < -0.3 is 24.1 Å². The third kappa shape index (κ3) is 4.45. The van der Waals surface area contributed by atoms with Gasteiger partial charge in [-0.05, 0) is 25.0 Å². The smallest absolute Gasteiger partial charge is 0.163 e. The number of hydrogen-bond donors (Lipinski definition) is 1. The molecule has 1 heterocycles. The van der Waals surface area contributed by atoms with Crippen LogP contribution in [0, 0.1) is 0 Å². The number of rotatable bonds is 6. The predicted octanol–water partition coefficient (Wildman–Crippen LogP) is 3.44. The molecule has 5 atom stereocenters. The van der Waals surface area contributed by atoms with Gasteiger partial charge in [-0.1, -0.05) is 60.7 Å². The van der Waals surface area contributed by atoms with Crippen LogP contribution in [0.15, 0.2) is 60.7 Å². The van der Waals surface area contributed by atoms with Gasteiger partial charge in [-0.15, -0.1) is 0 Å². The molecule has 2 fully saturated rings. The van der Waals surface area contributed by atoms with Crippen molar-refractivity contribution in [2.24, 2.45) is 0 Å². The van der Waals surface area contributed by atoms with Crippen LogP contribution in [0.5, 0.6) is 0 Å². The van der Waals surface area contributed by atoms with Gasteiger partial charge in [0, 0.05) is 6.42 Å². The van der Waals surface area contributed by atoms with E-state index in [9.17, 15) is 5.11 Å². The van der Waals surface area contributed by atoms with Crippen LogP contribution in [0.2, 0.25) is 0 Å². The number of ether oxygens (including phenoxy) is 4. The lowest BCUT2D eigenvalue weighted by molar-refractivity contribution is -0.201. The zero-order chi connectivity index (χ0) is 19.6. The molecule has 2 aromatic carbocycles. The Morgan fingerprint density at radius 3 is 1.96 bits per heavy atom. The van der Waals surface area contributed by atoms with E-state index in [1.165, 1.54) is 0 Å². The maximum Gasteiger partial charge on any atom is 0.163 e. The molecule has 0 radical (unpaired) electrons. The SMILES string of the molecule is CC1(C)OC2[C@H](C[C@H](O)[C@H](OCc3ccccc3)[C@H]2OCc2ccccc2)O1. The van der Waals surface area contributed by atoms with Gasteiger partial charge in [0.15, 0.2) is 5.79 Å². The number of benzene rings is 2. The summed E-state index contributed by atoms with van der Waals surface area (Å²) >= 11 is 0. The van der Waals surface area contributed by atoms with E-state index in [4.69, 9.17) is 18.9 Å². The summed E-state index contributed by atoms with van der Waals surface area (Å²) in [5.41, 5.74) is 2.13. The Balaban J connectivity index is 1.51. The van der Waals surface area contributed by atoms with Crippen LogP contribution >= 0.6 is 0 Å². The highest BCUT2D eigenvalue weighted by atomic mass is 16.8. The fourth-order valence-corrected chi connectivity index (χ4v) is 4.03. The van der Waals surface area contributed by atoms with Crippen LogP contribution in [0.25, 0.3) is 0 Å². The van der Waals surface area contributed by atoms with E-state index in [1.54, 1.807) is 0 Å². The van der Waals surface area contributed by atoms with E-state index in [1.807, 2.05) is 74.5 Å². The average Bonchev–Trinajstić information content (AvgIpc) is 3.00. The molecule has 1 saturated heterocycles. The number of hydrogen-bond acceptors (Lipinski definition) is 5. The quantitative estimate of drug-likeness (QED) is 0.827. The Morgan fingerprint density at radius 2 is 1.39 bits per heavy atom. The zero-order valence-electron chi connectivity index (χ0n) is 16.4. The molecule has 1 aliphatic heterocycles. The first-order valence-corrected chi connectivity index (χ1v) is 9.86. The summed E-state index contributed by atoms with van der Waals surface area (Å²) < 4.78 is 24.6. The van der Waals surface area contributed by atoms with Gasteiger partial charge in [-0.2, -0.15) is 0 Å². The highest BCUT2D eigenvalue weighted by Gasteiger charge is 2.54. The summed E-state index contributed by atoms with van der Waals surface area (Å²) in [5, 5.41) is 10.8. The molecule has 0 aromatic heterocycles. The molecular formula is C23H28O5. The van der Waals surface area contributed by atoms with Gasteiger partial charge in [0.25, 0.3) is 0 Å². The Labute approximate surface area is 166 Å². The van der Waals surface area contributed by atoms with E-state index >= 15 is 0 Å². The van der Waals surface area contributed by atoms with E-state index in [0.29, 0.717) is 19.6 Å². The summed E-state index contributed by atoms with van der Waals surface area (Å²) in [4.78, 5) is 0. The minimum atomic E-state index is -0.697. The van der Waals surface area contributed by atoms with Gasteiger partial charge in [-0.3, -0.25) is 0 Å². The number of aliphatic hydroxyl groups excluding tert-OH is 1. The van der Waals surface area contributed by atoms with Crippen molar-refractivity contribution >= 4 is 0 Å². The molecule has 1 unspecified atom stereocenters. The highest BCUT2D eigenvalue weighted by molar-refractivity contribution is 5.15. The molecule has 0 spiro atoms. The summed E-state index contributed by atoms with van der Waals surface area (Å²) in [6.45, 7) is 4.63. The Morgan fingerprint density at radius 1 is 0.857 bits per heavy atom. The average molecular weight is 384 g/mol. The van der Waals surface area contributed by atoms with Crippen molar-refractivity contribution in [3.8, 4) is 0 Å². The first-order chi connectivity index (χ1) is 13.5. The van der Waals surface area contributed by atoms with Crippen molar-refractivity contribution in [3.05, 3.63) is 71.8 Å². The fraction of sp³-hybridized carbons (Fsp3) is 0.478. The van der Waals surface area contributed by atoms with Crippen molar-refractivity contribution in [2.45, 2.75) is 69.8 Å². The van der Waals surface area contributed by atoms with E-state index < -0.39 is 24.1 Å². The van der Waals surface area contributed by atoms with E-state index in [2.05, 4.69) is 0 Å². The topological polar surface area (TPSA) is 57.2 Å². The minimum Gasteiger partial charge on any atom is -0.390 e. The second kappa shape index (κ2) is 8.31. The van der Waals surface area contributed by atoms with Gasteiger partial charge in [-0.25, -0.2) is 0 Å². The molecule has 28 heavy (non-hydrogen) atoms. The van der Waals surface area contributed by atoms with Crippen LogP contribution in [0.1, 0.15) is 31.4 Å². The molecule has 0 bridgehead atoms. The van der Waals surface area contributed by atoms with Crippen molar-refractivity contribution in [1.29, 1.82) is 0 Å². The minimum absolute atomic E-state index is 0.206. The first-order valence-electron chi connectivity index (χ1n) is 9.86. The van der Waals surface area contributed by atoms with Crippen molar-refractivity contribution in [2.75, 3.05) is 0 Å². The molecule has 1 saturated carbocycles. The van der Waals surface area contributed by atoms with Gasteiger partial charge in [0.1, 0.15) is 18.3 Å². The maximum absolute atomic E-state index is 10.8. The fourth-order valence-electron chi connectivity index (χ4n) is 4.03. The van der Waals surface area contributed by atoms with Crippen LogP contribution in [0.3, 0.4) is 0 Å². The molecular weight excluding hydrogens is 356 g/mol. The third-order valence-electron chi connectivity index (χ3n) is 5.29. The monoisotopic (exact) mass is 384 g/mol. The normalized spacial score (nSPS) is 31.5. The van der Waals surface area contributed by atoms with Crippen molar-refractivity contribution in [1.82, 2.24) is 0 Å². The standard InChI is InChI=1S/C23H28O5/c1-23(2)27-19-13-18(24)20(25-14-16-9-5-3-6-10-16)22(21(19)28-23)26-15-17-11-7-4-8-12-17/h3-12,18-22,24H,13-15H2,1-2H3/t18-,19-,20-,21?,22+/m0/s1. The molecule has 1 N–H and O–H groups in total. The van der Waals surface area contributed by atoms with E-state index in [-0.39, 0.29) is 12.2 Å². The van der Waals surface area contributed by atoms with Crippen LogP contribution in [-0.4, -0.2) is 41.4 Å². The largest absolute Gasteiger partial charge is 0.390 e. The van der Waals surface area contributed by atoms with Crippen LogP contribution in [-0.2, 0) is 32.2 Å². The zero-order valence-corrected chi connectivity index (χ0v) is 16.4. The summed E-state index contributed by atoms with van der Waals surface area (Å²) in [6, 6.07) is 19.9. The molecule has 2 aliphatic rings. The molecule has 1 aliphatic carbocycles. The lowest BCUT2D eigenvalue weighted by atomic mass is 9.87. The first kappa shape index (κ1) is 19.6. The van der Waals surface area contributed by atoms with Crippen LogP contribution in [0.4, 0.5) is 0 Å². The predicted molar refractivity (Wildman–Crippen MR) is 104 cm³/mol. The van der Waals surface area contributed by atoms with Gasteiger partial charge in [0.2, 0.25) is 0 Å². The Bertz CT molecular complexity index is 748. The molecule has 5 heteroatoms. The van der Waals surface area contributed by atoms with Gasteiger partial charge >= 0.3 is 0 Å². The lowest BCUT2D eigenvalue weighted by Crippen LogP contribution is -2.56. The maximum atomic E-state index is 10.8. The van der Waals surface area contributed by atoms with Gasteiger partial charge in [0.05, 0.1) is 25.4 Å². The van der Waals surface area contributed by atoms with Crippen LogP contribution < -0.4 is 0 Å². The molecule has 0 amide bonds. The highest BCUT2D eigenvalue weighted by Crippen LogP contribution is 2.39. The lowest BCUT2D eigenvalue weighted by Gasteiger charge is -2.40. The molecule has 4 rings (SSSR count). The van der Waals surface area contributed by atoms with E-state index in [0.717, 1.165) is 11.1 Å². The second-order valence-corrected chi connectivity index (χ2v) is 7.96. The number of fused-ring (bicyclic) bond motifs is 1. The summed E-state index contributed by atoms with van der Waals surface area (Å²) in [7, 11) is 0. The summed E-state index contributed by atoms with van der Waals surface area (Å²) in [6.07, 6.45) is -1.59. The Hall–Kier alpha value is -1.76. The number of aliphatic hydroxyl groups is 1. The van der Waals surface area contributed by atoms with Crippen molar-refractivity contribution in [3.63, 3.8) is 0 Å². The Kier molecular flexibility index (Phi) is 5.80. The molecule has 150 valence electrons. The van der Waals surface area contributed by atoms with Crippen molar-refractivity contribution < 1.29 is 24.1 Å². The third-order valence-corrected chi connectivity index (χ3v) is 5.29. The summed E-state index contributed by atoms with van der Waals surface area (Å²) in [5.74, 6) is -0.697.